The molecule has 0 amide bonds. The third-order valence-electron chi connectivity index (χ3n) is 4.93. The van der Waals surface area contributed by atoms with Crippen molar-refractivity contribution in [2.75, 3.05) is 18.0 Å². The number of anilines is 1. The van der Waals surface area contributed by atoms with E-state index in [1.54, 1.807) is 6.33 Å². The zero-order valence-corrected chi connectivity index (χ0v) is 14.2. The molecule has 1 aliphatic heterocycles. The van der Waals surface area contributed by atoms with Gasteiger partial charge in [0.05, 0.1) is 6.54 Å². The SMILES string of the molecule is Cc1cc(N(C2CC2)C2CCN(Cc3ncccn3)CC2)ncn1. The summed E-state index contributed by atoms with van der Waals surface area (Å²) in [4.78, 5) is 22.5. The summed E-state index contributed by atoms with van der Waals surface area (Å²) in [7, 11) is 0. The average Bonchev–Trinajstić information content (AvgIpc) is 3.43. The summed E-state index contributed by atoms with van der Waals surface area (Å²) in [6.45, 7) is 5.08. The monoisotopic (exact) mass is 324 g/mol. The number of hydrogen-bond acceptors (Lipinski definition) is 6. The Morgan fingerprint density at radius 1 is 1.00 bits per heavy atom. The van der Waals surface area contributed by atoms with Crippen LogP contribution < -0.4 is 4.90 Å². The molecule has 0 unspecified atom stereocenters. The van der Waals surface area contributed by atoms with Gasteiger partial charge in [-0.25, -0.2) is 19.9 Å². The minimum atomic E-state index is 0.583. The lowest BCUT2D eigenvalue weighted by Gasteiger charge is -2.39. The Labute approximate surface area is 143 Å². The van der Waals surface area contributed by atoms with Crippen LogP contribution in [0, 0.1) is 6.92 Å². The molecule has 1 aliphatic carbocycles. The van der Waals surface area contributed by atoms with Crippen LogP contribution in [0.1, 0.15) is 37.2 Å². The van der Waals surface area contributed by atoms with Crippen LogP contribution in [0.4, 0.5) is 5.82 Å². The first-order valence-corrected chi connectivity index (χ1v) is 8.85. The molecule has 24 heavy (non-hydrogen) atoms. The van der Waals surface area contributed by atoms with E-state index >= 15 is 0 Å². The van der Waals surface area contributed by atoms with Crippen LogP contribution >= 0.6 is 0 Å². The van der Waals surface area contributed by atoms with Gasteiger partial charge >= 0.3 is 0 Å². The Morgan fingerprint density at radius 2 is 1.71 bits per heavy atom. The molecule has 126 valence electrons. The number of rotatable bonds is 5. The van der Waals surface area contributed by atoms with Crippen LogP contribution in [0.15, 0.2) is 30.9 Å². The van der Waals surface area contributed by atoms with Gasteiger partial charge in [0.2, 0.25) is 0 Å². The number of hydrogen-bond donors (Lipinski definition) is 0. The van der Waals surface area contributed by atoms with E-state index in [0.717, 1.165) is 37.0 Å². The predicted octanol–water partition coefficient (Wildman–Crippen LogP) is 2.21. The fourth-order valence-electron chi connectivity index (χ4n) is 3.57. The molecule has 3 heterocycles. The van der Waals surface area contributed by atoms with E-state index in [-0.39, 0.29) is 0 Å². The summed E-state index contributed by atoms with van der Waals surface area (Å²) >= 11 is 0. The van der Waals surface area contributed by atoms with Crippen LogP contribution in [0.3, 0.4) is 0 Å². The standard InChI is InChI=1S/C18H24N6/c1-14-11-18(22-13-21-14)24(15-3-4-15)16-5-9-23(10-6-16)12-17-19-7-2-8-20-17/h2,7-8,11,13,15-16H,3-6,9-10,12H2,1H3. The normalized spacial score (nSPS) is 19.4. The summed E-state index contributed by atoms with van der Waals surface area (Å²) in [5.41, 5.74) is 1.05. The van der Waals surface area contributed by atoms with Crippen molar-refractivity contribution < 1.29 is 0 Å². The Bertz CT molecular complexity index is 664. The molecule has 2 aromatic heterocycles. The van der Waals surface area contributed by atoms with Gasteiger partial charge in [-0.2, -0.15) is 0 Å². The van der Waals surface area contributed by atoms with Gasteiger partial charge in [-0.3, -0.25) is 4.90 Å². The zero-order chi connectivity index (χ0) is 16.4. The quantitative estimate of drug-likeness (QED) is 0.840. The Balaban J connectivity index is 1.40. The zero-order valence-electron chi connectivity index (χ0n) is 14.2. The number of aryl methyl sites for hydroxylation is 1. The van der Waals surface area contributed by atoms with E-state index in [0.29, 0.717) is 12.1 Å². The molecule has 6 nitrogen and oxygen atoms in total. The second-order valence-corrected chi connectivity index (χ2v) is 6.83. The molecule has 2 aromatic rings. The number of likely N-dealkylation sites (tertiary alicyclic amines) is 1. The number of piperidine rings is 1. The largest absolute Gasteiger partial charge is 0.350 e. The Kier molecular flexibility index (Phi) is 4.38. The second kappa shape index (κ2) is 6.81. The fourth-order valence-corrected chi connectivity index (χ4v) is 3.57. The van der Waals surface area contributed by atoms with E-state index in [2.05, 4.69) is 35.8 Å². The highest BCUT2D eigenvalue weighted by atomic mass is 15.3. The van der Waals surface area contributed by atoms with Crippen LogP contribution in [-0.2, 0) is 6.54 Å². The highest BCUT2D eigenvalue weighted by Crippen LogP contribution is 2.35. The molecule has 0 atom stereocenters. The molecule has 0 N–H and O–H groups in total. The van der Waals surface area contributed by atoms with Crippen molar-refractivity contribution >= 4 is 5.82 Å². The lowest BCUT2D eigenvalue weighted by atomic mass is 10.0. The lowest BCUT2D eigenvalue weighted by molar-refractivity contribution is 0.196. The topological polar surface area (TPSA) is 58.0 Å². The first-order chi connectivity index (χ1) is 11.8. The van der Waals surface area contributed by atoms with Gasteiger partial charge in [-0.05, 0) is 38.7 Å². The third-order valence-corrected chi connectivity index (χ3v) is 4.93. The number of aromatic nitrogens is 4. The van der Waals surface area contributed by atoms with Gasteiger partial charge < -0.3 is 4.90 Å². The highest BCUT2D eigenvalue weighted by molar-refractivity contribution is 5.43. The van der Waals surface area contributed by atoms with E-state index in [1.807, 2.05) is 25.4 Å². The molecule has 1 saturated carbocycles. The maximum Gasteiger partial charge on any atom is 0.142 e. The van der Waals surface area contributed by atoms with E-state index in [9.17, 15) is 0 Å². The molecule has 0 bridgehead atoms. The molecule has 6 heteroatoms. The van der Waals surface area contributed by atoms with Crippen molar-refractivity contribution in [3.05, 3.63) is 42.4 Å². The molecule has 4 rings (SSSR count). The van der Waals surface area contributed by atoms with Crippen LogP contribution in [-0.4, -0.2) is 50.0 Å². The van der Waals surface area contributed by atoms with Crippen molar-refractivity contribution in [2.45, 2.75) is 51.2 Å². The van der Waals surface area contributed by atoms with Crippen molar-refractivity contribution in [1.29, 1.82) is 0 Å². The molecular formula is C18H24N6. The van der Waals surface area contributed by atoms with Crippen molar-refractivity contribution in [3.8, 4) is 0 Å². The molecule has 0 aromatic carbocycles. The molecular weight excluding hydrogens is 300 g/mol. The number of nitrogens with zero attached hydrogens (tertiary/aromatic N) is 6. The lowest BCUT2D eigenvalue weighted by Crippen LogP contribution is -2.46. The summed E-state index contributed by atoms with van der Waals surface area (Å²) in [6, 6.07) is 5.25. The third kappa shape index (κ3) is 3.53. The Morgan fingerprint density at radius 3 is 2.38 bits per heavy atom. The van der Waals surface area contributed by atoms with Crippen molar-refractivity contribution in [3.63, 3.8) is 0 Å². The summed E-state index contributed by atoms with van der Waals surface area (Å²) in [5.74, 6) is 2.02. The first-order valence-electron chi connectivity index (χ1n) is 8.85. The van der Waals surface area contributed by atoms with Crippen LogP contribution in [0.25, 0.3) is 0 Å². The molecule has 0 radical (unpaired) electrons. The van der Waals surface area contributed by atoms with Crippen LogP contribution in [0.5, 0.6) is 0 Å². The minimum absolute atomic E-state index is 0.583. The van der Waals surface area contributed by atoms with Crippen molar-refractivity contribution in [2.24, 2.45) is 0 Å². The summed E-state index contributed by atoms with van der Waals surface area (Å²) in [5, 5.41) is 0. The van der Waals surface area contributed by atoms with Gasteiger partial charge in [0.1, 0.15) is 18.0 Å². The smallest absolute Gasteiger partial charge is 0.142 e. The van der Waals surface area contributed by atoms with Gasteiger partial charge in [-0.1, -0.05) is 0 Å². The van der Waals surface area contributed by atoms with E-state index in [1.165, 1.54) is 25.7 Å². The van der Waals surface area contributed by atoms with Crippen LogP contribution in [0.2, 0.25) is 0 Å². The van der Waals surface area contributed by atoms with E-state index in [4.69, 9.17) is 0 Å². The predicted molar refractivity (Wildman–Crippen MR) is 92.6 cm³/mol. The molecule has 1 saturated heterocycles. The second-order valence-electron chi connectivity index (χ2n) is 6.83. The highest BCUT2D eigenvalue weighted by Gasteiger charge is 2.36. The molecule has 2 fully saturated rings. The first kappa shape index (κ1) is 15.4. The summed E-state index contributed by atoms with van der Waals surface area (Å²) in [6.07, 6.45) is 10.3. The van der Waals surface area contributed by atoms with E-state index < -0.39 is 0 Å². The summed E-state index contributed by atoms with van der Waals surface area (Å²) < 4.78 is 0. The Hall–Kier alpha value is -2.08. The maximum absolute atomic E-state index is 4.54. The van der Waals surface area contributed by atoms with Gasteiger partial charge in [0.25, 0.3) is 0 Å². The minimum Gasteiger partial charge on any atom is -0.350 e. The van der Waals surface area contributed by atoms with Gasteiger partial charge in [0.15, 0.2) is 0 Å². The molecule has 2 aliphatic rings. The van der Waals surface area contributed by atoms with Crippen molar-refractivity contribution in [1.82, 2.24) is 24.8 Å². The fraction of sp³-hybridized carbons (Fsp3) is 0.556. The maximum atomic E-state index is 4.54. The molecule has 0 spiro atoms. The average molecular weight is 324 g/mol. The van der Waals surface area contributed by atoms with Gasteiger partial charge in [0, 0.05) is 49.3 Å². The van der Waals surface area contributed by atoms with Gasteiger partial charge in [-0.15, -0.1) is 0 Å².